The summed E-state index contributed by atoms with van der Waals surface area (Å²) < 4.78 is 73.7. The molecule has 0 aliphatic heterocycles. The molecule has 0 amide bonds. The smallest absolute Gasteiger partial charge is 0.389 e. The largest absolute Gasteiger partial charge is 0.461 e. The predicted octanol–water partition coefficient (Wildman–Crippen LogP) is 5.06. The zero-order chi connectivity index (χ0) is 21.8. The van der Waals surface area contributed by atoms with Crippen molar-refractivity contribution in [1.29, 1.82) is 0 Å². The Bertz CT molecular complexity index is 862. The molecule has 5 nitrogen and oxygen atoms in total. The van der Waals surface area contributed by atoms with Crippen LogP contribution in [0.2, 0.25) is 0 Å². The van der Waals surface area contributed by atoms with Crippen LogP contribution in [0.25, 0.3) is 11.3 Å². The van der Waals surface area contributed by atoms with E-state index in [0.717, 1.165) is 0 Å². The monoisotopic (exact) mass is 420 g/mol. The van der Waals surface area contributed by atoms with Gasteiger partial charge in [-0.05, 0) is 44.4 Å². The third-order valence-corrected chi connectivity index (χ3v) is 4.20. The molecule has 0 fully saturated rings. The standard InChI is InChI=1S/C19H21F5N2O3/c1-4-28-17(27)15-11(2)16(26(3)25-15)13-8-7-12(6-5-9-19(22,23)24)10-14(13)29-18(20)21/h7-8,10,18H,4-6,9H2,1-3H3. The number of benzene rings is 1. The third kappa shape index (κ3) is 5.91. The van der Waals surface area contributed by atoms with Gasteiger partial charge in [0.25, 0.3) is 0 Å². The molecular weight excluding hydrogens is 399 g/mol. The minimum absolute atomic E-state index is 0.0431. The third-order valence-electron chi connectivity index (χ3n) is 4.20. The number of halogens is 5. The molecule has 0 aliphatic rings. The Morgan fingerprint density at radius 3 is 2.55 bits per heavy atom. The summed E-state index contributed by atoms with van der Waals surface area (Å²) in [6.07, 6.45) is -5.37. The summed E-state index contributed by atoms with van der Waals surface area (Å²) >= 11 is 0. The first-order valence-corrected chi connectivity index (χ1v) is 8.89. The molecule has 0 atom stereocenters. The molecule has 0 unspecified atom stereocenters. The van der Waals surface area contributed by atoms with Crippen LogP contribution in [0, 0.1) is 6.92 Å². The molecule has 0 N–H and O–H groups in total. The van der Waals surface area contributed by atoms with Crippen LogP contribution in [0.1, 0.15) is 41.4 Å². The normalized spacial score (nSPS) is 11.8. The molecule has 0 bridgehead atoms. The molecule has 160 valence electrons. The molecule has 0 radical (unpaired) electrons. The molecule has 0 aliphatic carbocycles. The Morgan fingerprint density at radius 1 is 1.28 bits per heavy atom. The first-order valence-electron chi connectivity index (χ1n) is 8.89. The van der Waals surface area contributed by atoms with E-state index in [-0.39, 0.29) is 36.5 Å². The number of esters is 1. The maximum atomic E-state index is 12.9. The lowest BCUT2D eigenvalue weighted by Gasteiger charge is -2.14. The minimum Gasteiger partial charge on any atom is -0.461 e. The van der Waals surface area contributed by atoms with Gasteiger partial charge in [0.05, 0.1) is 12.3 Å². The molecule has 10 heteroatoms. The second kappa shape index (κ2) is 9.23. The number of rotatable bonds is 8. The molecule has 29 heavy (non-hydrogen) atoms. The van der Waals surface area contributed by atoms with E-state index in [9.17, 15) is 26.7 Å². The highest BCUT2D eigenvalue weighted by molar-refractivity contribution is 5.91. The number of ether oxygens (including phenoxy) is 2. The topological polar surface area (TPSA) is 53.3 Å². The number of hydrogen-bond donors (Lipinski definition) is 0. The van der Waals surface area contributed by atoms with E-state index in [1.54, 1.807) is 19.9 Å². The second-order valence-corrected chi connectivity index (χ2v) is 6.34. The van der Waals surface area contributed by atoms with E-state index in [1.165, 1.54) is 23.9 Å². The van der Waals surface area contributed by atoms with Crippen molar-refractivity contribution < 1.29 is 36.2 Å². The summed E-state index contributed by atoms with van der Waals surface area (Å²) in [7, 11) is 1.54. The second-order valence-electron chi connectivity index (χ2n) is 6.34. The first kappa shape index (κ1) is 22.6. The molecule has 1 aromatic heterocycles. The van der Waals surface area contributed by atoms with Crippen LogP contribution in [0.3, 0.4) is 0 Å². The maximum absolute atomic E-state index is 12.9. The average Bonchev–Trinajstić information content (AvgIpc) is 2.89. The van der Waals surface area contributed by atoms with Gasteiger partial charge in [-0.3, -0.25) is 4.68 Å². The predicted molar refractivity (Wildman–Crippen MR) is 95.0 cm³/mol. The lowest BCUT2D eigenvalue weighted by atomic mass is 10.0. The summed E-state index contributed by atoms with van der Waals surface area (Å²) in [5.41, 5.74) is 1.49. The highest BCUT2D eigenvalue weighted by atomic mass is 19.4. The van der Waals surface area contributed by atoms with Crippen molar-refractivity contribution in [1.82, 2.24) is 9.78 Å². The zero-order valence-corrected chi connectivity index (χ0v) is 16.1. The number of carbonyl (C=O) groups is 1. The summed E-state index contributed by atoms with van der Waals surface area (Å²) in [5, 5.41) is 4.10. The number of carbonyl (C=O) groups excluding carboxylic acids is 1. The van der Waals surface area contributed by atoms with Gasteiger partial charge in [-0.2, -0.15) is 27.1 Å². The summed E-state index contributed by atoms with van der Waals surface area (Å²) in [5.74, 6) is -0.849. The number of aryl methyl sites for hydroxylation is 2. The molecule has 0 saturated heterocycles. The fourth-order valence-electron chi connectivity index (χ4n) is 3.00. The van der Waals surface area contributed by atoms with Gasteiger partial charge in [0.1, 0.15) is 5.75 Å². The quantitative estimate of drug-likeness (QED) is 0.443. The van der Waals surface area contributed by atoms with E-state index in [2.05, 4.69) is 9.84 Å². The summed E-state index contributed by atoms with van der Waals surface area (Å²) in [6.45, 7) is 0.259. The maximum Gasteiger partial charge on any atom is 0.389 e. The fourth-order valence-corrected chi connectivity index (χ4v) is 3.00. The van der Waals surface area contributed by atoms with Crippen molar-refractivity contribution in [2.75, 3.05) is 6.61 Å². The Balaban J connectivity index is 2.40. The Labute approximate surface area is 164 Å². The Kier molecular flexibility index (Phi) is 7.21. The van der Waals surface area contributed by atoms with Crippen LogP contribution < -0.4 is 4.74 Å². The number of nitrogens with zero attached hydrogens (tertiary/aromatic N) is 2. The van der Waals surface area contributed by atoms with E-state index in [4.69, 9.17) is 4.74 Å². The fraction of sp³-hybridized carbons (Fsp3) is 0.474. The molecule has 0 spiro atoms. The first-order chi connectivity index (χ1) is 13.5. The van der Waals surface area contributed by atoms with E-state index < -0.39 is 25.2 Å². The average molecular weight is 420 g/mol. The highest BCUT2D eigenvalue weighted by Gasteiger charge is 2.27. The number of alkyl halides is 5. The van der Waals surface area contributed by atoms with Crippen molar-refractivity contribution in [3.63, 3.8) is 0 Å². The number of aromatic nitrogens is 2. The van der Waals surface area contributed by atoms with Gasteiger partial charge in [0, 0.05) is 24.6 Å². The SMILES string of the molecule is CCOC(=O)c1nn(C)c(-c2ccc(CCCC(F)(F)F)cc2OC(F)F)c1C. The molecule has 2 aromatic rings. The molecular formula is C19H21F5N2O3. The lowest BCUT2D eigenvalue weighted by Crippen LogP contribution is -2.08. The summed E-state index contributed by atoms with van der Waals surface area (Å²) in [4.78, 5) is 12.0. The Hall–Kier alpha value is -2.65. The number of hydrogen-bond acceptors (Lipinski definition) is 4. The zero-order valence-electron chi connectivity index (χ0n) is 16.1. The van der Waals surface area contributed by atoms with Crippen LogP contribution in [-0.4, -0.2) is 35.1 Å². The Morgan fingerprint density at radius 2 is 1.97 bits per heavy atom. The van der Waals surface area contributed by atoms with Gasteiger partial charge < -0.3 is 9.47 Å². The minimum atomic E-state index is -4.28. The van der Waals surface area contributed by atoms with Crippen LogP contribution in [0.15, 0.2) is 18.2 Å². The van der Waals surface area contributed by atoms with Gasteiger partial charge in [-0.25, -0.2) is 4.79 Å². The van der Waals surface area contributed by atoms with Gasteiger partial charge >= 0.3 is 18.8 Å². The molecule has 1 heterocycles. The van der Waals surface area contributed by atoms with E-state index in [1.807, 2.05) is 0 Å². The van der Waals surface area contributed by atoms with Crippen molar-refractivity contribution in [2.24, 2.45) is 7.05 Å². The van der Waals surface area contributed by atoms with Crippen LogP contribution >= 0.6 is 0 Å². The van der Waals surface area contributed by atoms with E-state index in [0.29, 0.717) is 16.8 Å². The van der Waals surface area contributed by atoms with Crippen LogP contribution in [0.5, 0.6) is 5.75 Å². The van der Waals surface area contributed by atoms with Crippen molar-refractivity contribution >= 4 is 5.97 Å². The van der Waals surface area contributed by atoms with Crippen molar-refractivity contribution in [3.05, 3.63) is 35.0 Å². The van der Waals surface area contributed by atoms with Gasteiger partial charge in [0.2, 0.25) is 0 Å². The van der Waals surface area contributed by atoms with Crippen molar-refractivity contribution in [2.45, 2.75) is 45.9 Å². The van der Waals surface area contributed by atoms with Gasteiger partial charge in [0.15, 0.2) is 5.69 Å². The molecule has 0 saturated carbocycles. The molecule has 1 aromatic carbocycles. The van der Waals surface area contributed by atoms with E-state index >= 15 is 0 Å². The van der Waals surface area contributed by atoms with Gasteiger partial charge in [-0.1, -0.05) is 6.07 Å². The van der Waals surface area contributed by atoms with Gasteiger partial charge in [-0.15, -0.1) is 0 Å². The molecule has 2 rings (SSSR count). The van der Waals surface area contributed by atoms with Crippen molar-refractivity contribution in [3.8, 4) is 17.0 Å². The highest BCUT2D eigenvalue weighted by Crippen LogP contribution is 2.35. The summed E-state index contributed by atoms with van der Waals surface area (Å²) in [6, 6.07) is 4.30. The lowest BCUT2D eigenvalue weighted by molar-refractivity contribution is -0.135. The van der Waals surface area contributed by atoms with Crippen LogP contribution in [0.4, 0.5) is 22.0 Å². The van der Waals surface area contributed by atoms with Crippen LogP contribution in [-0.2, 0) is 18.2 Å².